The zero-order valence-electron chi connectivity index (χ0n) is 14.0. The molecule has 1 N–H and O–H groups in total. The minimum atomic E-state index is -0.0590. The Labute approximate surface area is 147 Å². The van der Waals surface area contributed by atoms with Gasteiger partial charge in [0.25, 0.3) is 5.91 Å². The Morgan fingerprint density at radius 2 is 2.04 bits per heavy atom. The molecular formula is C16H22ClN5O2. The van der Waals surface area contributed by atoms with E-state index in [-0.39, 0.29) is 24.4 Å². The van der Waals surface area contributed by atoms with Gasteiger partial charge in [0.1, 0.15) is 5.75 Å². The van der Waals surface area contributed by atoms with Crippen molar-refractivity contribution in [3.8, 4) is 11.4 Å². The monoisotopic (exact) mass is 351 g/mol. The van der Waals surface area contributed by atoms with E-state index in [0.29, 0.717) is 12.2 Å². The summed E-state index contributed by atoms with van der Waals surface area (Å²) in [4.78, 5) is 14.6. The largest absolute Gasteiger partial charge is 0.497 e. The molecule has 7 nitrogen and oxygen atoms in total. The Bertz CT molecular complexity index is 701. The highest BCUT2D eigenvalue weighted by Crippen LogP contribution is 2.18. The summed E-state index contributed by atoms with van der Waals surface area (Å²) in [5, 5.41) is 11.5. The quantitative estimate of drug-likeness (QED) is 0.906. The summed E-state index contributed by atoms with van der Waals surface area (Å²) in [6.07, 6.45) is 0. The van der Waals surface area contributed by atoms with Crippen molar-refractivity contribution in [3.05, 3.63) is 35.7 Å². The standard InChI is InChI=1S/C16H21N5O2.ClH/c1-11-10-17-8-9-20(11)16(22)15-12(2)21(19-18-15)13-4-6-14(23-3)7-5-13;/h4-7,11,17H,8-10H2,1-3H3;1H/t11-;/m1./s1. The fourth-order valence-electron chi connectivity index (χ4n) is 2.77. The van der Waals surface area contributed by atoms with Gasteiger partial charge in [0.15, 0.2) is 5.69 Å². The zero-order chi connectivity index (χ0) is 16.4. The lowest BCUT2D eigenvalue weighted by Gasteiger charge is -2.33. The molecule has 1 aromatic heterocycles. The highest BCUT2D eigenvalue weighted by Gasteiger charge is 2.28. The number of benzene rings is 1. The number of hydrogen-bond acceptors (Lipinski definition) is 5. The number of nitrogens with zero attached hydrogens (tertiary/aromatic N) is 4. The first-order valence-electron chi connectivity index (χ1n) is 7.70. The number of methoxy groups -OCH3 is 1. The van der Waals surface area contributed by atoms with Crippen molar-refractivity contribution >= 4 is 18.3 Å². The Morgan fingerprint density at radius 3 is 2.67 bits per heavy atom. The molecule has 0 saturated carbocycles. The van der Waals surface area contributed by atoms with Crippen LogP contribution in [0.2, 0.25) is 0 Å². The molecule has 1 aliphatic heterocycles. The number of nitrogens with one attached hydrogen (secondary N) is 1. The summed E-state index contributed by atoms with van der Waals surface area (Å²) in [5.74, 6) is 0.716. The number of halogens is 1. The smallest absolute Gasteiger partial charge is 0.276 e. The van der Waals surface area contributed by atoms with Gasteiger partial charge in [-0.3, -0.25) is 4.79 Å². The molecule has 2 heterocycles. The predicted octanol–water partition coefficient (Wildman–Crippen LogP) is 1.44. The van der Waals surface area contributed by atoms with Gasteiger partial charge in [-0.2, -0.15) is 0 Å². The van der Waals surface area contributed by atoms with Crippen LogP contribution in [0.15, 0.2) is 24.3 Å². The molecule has 1 fully saturated rings. The second-order valence-corrected chi connectivity index (χ2v) is 5.68. The molecule has 0 bridgehead atoms. The summed E-state index contributed by atoms with van der Waals surface area (Å²) in [6.45, 7) is 6.20. The van der Waals surface area contributed by atoms with E-state index in [4.69, 9.17) is 4.74 Å². The molecule has 0 aliphatic carbocycles. The molecule has 1 aromatic carbocycles. The number of aromatic nitrogens is 3. The average molecular weight is 352 g/mol. The van der Waals surface area contributed by atoms with Gasteiger partial charge in [0.05, 0.1) is 18.5 Å². The molecule has 0 spiro atoms. The fraction of sp³-hybridized carbons (Fsp3) is 0.438. The molecule has 0 unspecified atom stereocenters. The van der Waals surface area contributed by atoms with Gasteiger partial charge in [-0.05, 0) is 38.1 Å². The van der Waals surface area contributed by atoms with Crippen LogP contribution in [-0.2, 0) is 0 Å². The van der Waals surface area contributed by atoms with Crippen molar-refractivity contribution in [2.45, 2.75) is 19.9 Å². The number of ether oxygens (including phenoxy) is 1. The lowest BCUT2D eigenvalue weighted by atomic mass is 10.2. The first-order chi connectivity index (χ1) is 11.1. The van der Waals surface area contributed by atoms with Crippen LogP contribution >= 0.6 is 12.4 Å². The average Bonchev–Trinajstić information content (AvgIpc) is 2.96. The molecule has 1 aliphatic rings. The second kappa shape index (κ2) is 7.63. The van der Waals surface area contributed by atoms with Crippen LogP contribution in [-0.4, -0.2) is 58.6 Å². The SMILES string of the molecule is COc1ccc(-n2nnc(C(=O)N3CCNC[C@H]3C)c2C)cc1.Cl. The van der Waals surface area contributed by atoms with Crippen molar-refractivity contribution in [1.29, 1.82) is 0 Å². The zero-order valence-corrected chi connectivity index (χ0v) is 14.8. The van der Waals surface area contributed by atoms with Crippen LogP contribution in [0.1, 0.15) is 23.1 Å². The predicted molar refractivity (Wildman–Crippen MR) is 93.3 cm³/mol. The Morgan fingerprint density at radius 1 is 1.33 bits per heavy atom. The minimum absolute atomic E-state index is 0. The highest BCUT2D eigenvalue weighted by atomic mass is 35.5. The number of carbonyl (C=O) groups excluding carboxylic acids is 1. The minimum Gasteiger partial charge on any atom is -0.497 e. The van der Waals surface area contributed by atoms with Gasteiger partial charge in [-0.15, -0.1) is 17.5 Å². The maximum Gasteiger partial charge on any atom is 0.276 e. The number of piperazine rings is 1. The first kappa shape index (κ1) is 18.2. The molecular weight excluding hydrogens is 330 g/mol. The molecule has 130 valence electrons. The summed E-state index contributed by atoms with van der Waals surface area (Å²) in [6, 6.07) is 7.65. The van der Waals surface area contributed by atoms with E-state index >= 15 is 0 Å². The lowest BCUT2D eigenvalue weighted by molar-refractivity contribution is 0.0649. The van der Waals surface area contributed by atoms with Crippen molar-refractivity contribution in [3.63, 3.8) is 0 Å². The van der Waals surface area contributed by atoms with Gasteiger partial charge in [-0.25, -0.2) is 4.68 Å². The third kappa shape index (κ3) is 3.37. The molecule has 1 saturated heterocycles. The fourth-order valence-corrected chi connectivity index (χ4v) is 2.77. The number of amides is 1. The number of carbonyl (C=O) groups is 1. The third-order valence-electron chi connectivity index (χ3n) is 4.18. The summed E-state index contributed by atoms with van der Waals surface area (Å²) < 4.78 is 6.84. The van der Waals surface area contributed by atoms with Crippen molar-refractivity contribution in [1.82, 2.24) is 25.2 Å². The van der Waals surface area contributed by atoms with Crippen LogP contribution in [0, 0.1) is 6.92 Å². The number of hydrogen-bond donors (Lipinski definition) is 1. The maximum absolute atomic E-state index is 12.7. The molecule has 3 rings (SSSR count). The van der Waals surface area contributed by atoms with Crippen molar-refractivity contribution in [2.75, 3.05) is 26.7 Å². The summed E-state index contributed by atoms with van der Waals surface area (Å²) in [5.41, 5.74) is 2.00. The Balaban J connectivity index is 0.00000208. The van der Waals surface area contributed by atoms with Crippen LogP contribution in [0.4, 0.5) is 0 Å². The summed E-state index contributed by atoms with van der Waals surface area (Å²) in [7, 11) is 1.63. The van der Waals surface area contributed by atoms with E-state index in [1.54, 1.807) is 11.8 Å². The molecule has 24 heavy (non-hydrogen) atoms. The highest BCUT2D eigenvalue weighted by molar-refractivity contribution is 5.93. The van der Waals surface area contributed by atoms with Gasteiger partial charge in [0, 0.05) is 25.7 Å². The summed E-state index contributed by atoms with van der Waals surface area (Å²) >= 11 is 0. The normalized spacial score (nSPS) is 17.3. The van der Waals surface area contributed by atoms with Gasteiger partial charge < -0.3 is 15.0 Å². The number of rotatable bonds is 3. The molecule has 1 atom stereocenters. The molecule has 1 amide bonds. The Hall–Kier alpha value is -2.12. The molecule has 0 radical (unpaired) electrons. The van der Waals surface area contributed by atoms with Crippen LogP contribution in [0.5, 0.6) is 5.75 Å². The van der Waals surface area contributed by atoms with E-state index in [1.165, 1.54) is 0 Å². The lowest BCUT2D eigenvalue weighted by Crippen LogP contribution is -2.52. The third-order valence-corrected chi connectivity index (χ3v) is 4.18. The topological polar surface area (TPSA) is 72.3 Å². The van der Waals surface area contributed by atoms with Crippen molar-refractivity contribution in [2.24, 2.45) is 0 Å². The van der Waals surface area contributed by atoms with Gasteiger partial charge in [0.2, 0.25) is 0 Å². The first-order valence-corrected chi connectivity index (χ1v) is 7.70. The van der Waals surface area contributed by atoms with Crippen molar-refractivity contribution < 1.29 is 9.53 Å². The molecule has 2 aromatic rings. The second-order valence-electron chi connectivity index (χ2n) is 5.68. The van der Waals surface area contributed by atoms with Crippen LogP contribution in [0.3, 0.4) is 0 Å². The van der Waals surface area contributed by atoms with E-state index in [9.17, 15) is 4.79 Å². The van der Waals surface area contributed by atoms with E-state index < -0.39 is 0 Å². The maximum atomic E-state index is 12.7. The van der Waals surface area contributed by atoms with E-state index in [2.05, 4.69) is 15.6 Å². The van der Waals surface area contributed by atoms with Crippen LogP contribution in [0.25, 0.3) is 5.69 Å². The van der Waals surface area contributed by atoms with E-state index in [0.717, 1.165) is 30.2 Å². The van der Waals surface area contributed by atoms with Crippen LogP contribution < -0.4 is 10.1 Å². The Kier molecular flexibility index (Phi) is 5.80. The van der Waals surface area contributed by atoms with Gasteiger partial charge in [-0.1, -0.05) is 5.21 Å². The van der Waals surface area contributed by atoms with Gasteiger partial charge >= 0.3 is 0 Å². The molecule has 8 heteroatoms. The van der Waals surface area contributed by atoms with E-state index in [1.807, 2.05) is 43.0 Å².